The van der Waals surface area contributed by atoms with Gasteiger partial charge in [-0.2, -0.15) is 0 Å². The lowest BCUT2D eigenvalue weighted by Crippen LogP contribution is -2.04. The van der Waals surface area contributed by atoms with Crippen molar-refractivity contribution in [2.45, 2.75) is 33.6 Å². The minimum Gasteiger partial charge on any atom is -0.289 e. The number of hydrogen-bond donors (Lipinski definition) is 0. The molecule has 2 aromatic rings. The first-order valence-electron chi connectivity index (χ1n) is 6.98. The molecule has 0 aliphatic heterocycles. The van der Waals surface area contributed by atoms with Crippen molar-refractivity contribution in [3.8, 4) is 0 Å². The van der Waals surface area contributed by atoms with Gasteiger partial charge in [0, 0.05) is 15.6 Å². The average molecular weight is 331 g/mol. The first kappa shape index (κ1) is 15.0. The van der Waals surface area contributed by atoms with Gasteiger partial charge in [-0.25, -0.2) is 0 Å². The van der Waals surface area contributed by atoms with E-state index in [0.717, 1.165) is 34.0 Å². The fourth-order valence-electron chi connectivity index (χ4n) is 2.48. The van der Waals surface area contributed by atoms with Crippen LogP contribution in [0.2, 0.25) is 0 Å². The number of hydrogen-bond acceptors (Lipinski definition) is 1. The zero-order chi connectivity index (χ0) is 14.7. The van der Waals surface area contributed by atoms with Crippen molar-refractivity contribution < 1.29 is 4.79 Å². The van der Waals surface area contributed by atoms with E-state index in [1.165, 1.54) is 11.1 Å². The Morgan fingerprint density at radius 2 is 1.65 bits per heavy atom. The average Bonchev–Trinajstić information content (AvgIpc) is 2.44. The van der Waals surface area contributed by atoms with Gasteiger partial charge in [0.2, 0.25) is 0 Å². The Bertz CT molecular complexity index is 624. The summed E-state index contributed by atoms with van der Waals surface area (Å²) in [5, 5.41) is 0. The Morgan fingerprint density at radius 1 is 0.950 bits per heavy atom. The predicted octanol–water partition coefficient (Wildman–Crippen LogP) is 5.11. The van der Waals surface area contributed by atoms with Crippen LogP contribution in [0.15, 0.2) is 40.9 Å². The second kappa shape index (κ2) is 6.36. The Morgan fingerprint density at radius 3 is 2.25 bits per heavy atom. The van der Waals surface area contributed by atoms with E-state index >= 15 is 0 Å². The highest BCUT2D eigenvalue weighted by Crippen LogP contribution is 2.20. The molecule has 0 unspecified atom stereocenters. The van der Waals surface area contributed by atoms with Gasteiger partial charge < -0.3 is 0 Å². The van der Waals surface area contributed by atoms with Crippen molar-refractivity contribution in [2.75, 3.05) is 0 Å². The fourth-order valence-corrected chi connectivity index (χ4v) is 3.08. The van der Waals surface area contributed by atoms with Gasteiger partial charge in [-0.1, -0.05) is 41.9 Å². The standard InChI is InChI=1S/C18H19BrO/c1-4-13-6-7-15(10-14(13)5-2)18(20)16-8-12(3)9-17(19)11-16/h6-11H,4-5H2,1-3H3. The third-order valence-electron chi connectivity index (χ3n) is 3.53. The number of ketones is 1. The molecule has 0 saturated heterocycles. The van der Waals surface area contributed by atoms with E-state index in [1.54, 1.807) is 0 Å². The summed E-state index contributed by atoms with van der Waals surface area (Å²) in [6.07, 6.45) is 1.97. The lowest BCUT2D eigenvalue weighted by atomic mass is 9.95. The molecule has 20 heavy (non-hydrogen) atoms. The van der Waals surface area contributed by atoms with Crippen LogP contribution in [0.4, 0.5) is 0 Å². The van der Waals surface area contributed by atoms with Gasteiger partial charge in [0.25, 0.3) is 0 Å². The van der Waals surface area contributed by atoms with E-state index in [0.29, 0.717) is 0 Å². The molecule has 0 spiro atoms. The number of benzene rings is 2. The van der Waals surface area contributed by atoms with Crippen LogP contribution in [0.3, 0.4) is 0 Å². The summed E-state index contributed by atoms with van der Waals surface area (Å²) < 4.78 is 0.946. The molecule has 0 bridgehead atoms. The van der Waals surface area contributed by atoms with E-state index in [4.69, 9.17) is 0 Å². The summed E-state index contributed by atoms with van der Waals surface area (Å²) in [5.41, 5.74) is 5.20. The van der Waals surface area contributed by atoms with Crippen LogP contribution in [0.1, 0.15) is 46.5 Å². The van der Waals surface area contributed by atoms with Gasteiger partial charge >= 0.3 is 0 Å². The molecule has 2 heteroatoms. The van der Waals surface area contributed by atoms with Crippen molar-refractivity contribution in [3.05, 3.63) is 68.7 Å². The van der Waals surface area contributed by atoms with Crippen LogP contribution in [0, 0.1) is 6.92 Å². The molecule has 0 fully saturated rings. The van der Waals surface area contributed by atoms with E-state index < -0.39 is 0 Å². The number of halogens is 1. The Kier molecular flexibility index (Phi) is 4.77. The van der Waals surface area contributed by atoms with Gasteiger partial charge in [-0.15, -0.1) is 0 Å². The Balaban J connectivity index is 2.42. The monoisotopic (exact) mass is 330 g/mol. The highest BCUT2D eigenvalue weighted by atomic mass is 79.9. The maximum Gasteiger partial charge on any atom is 0.193 e. The molecule has 104 valence electrons. The van der Waals surface area contributed by atoms with Gasteiger partial charge in [0.05, 0.1) is 0 Å². The molecule has 2 aromatic carbocycles. The number of carbonyl (C=O) groups is 1. The molecule has 0 aliphatic rings. The smallest absolute Gasteiger partial charge is 0.193 e. The van der Waals surface area contributed by atoms with Crippen molar-refractivity contribution >= 4 is 21.7 Å². The maximum absolute atomic E-state index is 12.6. The van der Waals surface area contributed by atoms with Crippen LogP contribution in [-0.2, 0) is 12.8 Å². The van der Waals surface area contributed by atoms with Crippen molar-refractivity contribution in [3.63, 3.8) is 0 Å². The maximum atomic E-state index is 12.6. The molecule has 0 aliphatic carbocycles. The lowest BCUT2D eigenvalue weighted by Gasteiger charge is -2.09. The molecular formula is C18H19BrO. The van der Waals surface area contributed by atoms with Crippen LogP contribution in [0.5, 0.6) is 0 Å². The minimum absolute atomic E-state index is 0.0896. The highest BCUT2D eigenvalue weighted by molar-refractivity contribution is 9.10. The lowest BCUT2D eigenvalue weighted by molar-refractivity contribution is 0.103. The number of rotatable bonds is 4. The van der Waals surface area contributed by atoms with Crippen LogP contribution >= 0.6 is 15.9 Å². The molecule has 0 amide bonds. The van der Waals surface area contributed by atoms with Crippen LogP contribution < -0.4 is 0 Å². The van der Waals surface area contributed by atoms with Gasteiger partial charge in [0.15, 0.2) is 5.78 Å². The zero-order valence-corrected chi connectivity index (χ0v) is 13.8. The minimum atomic E-state index is 0.0896. The van der Waals surface area contributed by atoms with Gasteiger partial charge in [-0.3, -0.25) is 4.79 Å². The fraction of sp³-hybridized carbons (Fsp3) is 0.278. The summed E-state index contributed by atoms with van der Waals surface area (Å²) in [6.45, 7) is 6.28. The summed E-state index contributed by atoms with van der Waals surface area (Å²) in [6, 6.07) is 11.9. The molecule has 1 nitrogen and oxygen atoms in total. The SMILES string of the molecule is CCc1ccc(C(=O)c2cc(C)cc(Br)c2)cc1CC. The largest absolute Gasteiger partial charge is 0.289 e. The molecule has 0 aromatic heterocycles. The number of aryl methyl sites for hydroxylation is 3. The van der Waals surface area contributed by atoms with Crippen LogP contribution in [0.25, 0.3) is 0 Å². The quantitative estimate of drug-likeness (QED) is 0.711. The molecule has 0 radical (unpaired) electrons. The third kappa shape index (κ3) is 3.18. The third-order valence-corrected chi connectivity index (χ3v) is 3.99. The molecule has 0 saturated carbocycles. The molecule has 2 rings (SSSR count). The molecular weight excluding hydrogens is 312 g/mol. The summed E-state index contributed by atoms with van der Waals surface area (Å²) in [7, 11) is 0. The van der Waals surface area contributed by atoms with E-state index in [-0.39, 0.29) is 5.78 Å². The van der Waals surface area contributed by atoms with E-state index in [2.05, 4.69) is 35.8 Å². The Labute approximate surface area is 129 Å². The molecule has 0 N–H and O–H groups in total. The first-order chi connectivity index (χ1) is 9.55. The van der Waals surface area contributed by atoms with Crippen molar-refractivity contribution in [1.29, 1.82) is 0 Å². The first-order valence-corrected chi connectivity index (χ1v) is 7.78. The topological polar surface area (TPSA) is 17.1 Å². The van der Waals surface area contributed by atoms with Gasteiger partial charge in [-0.05, 0) is 60.7 Å². The Hall–Kier alpha value is -1.41. The zero-order valence-electron chi connectivity index (χ0n) is 12.2. The van der Waals surface area contributed by atoms with Crippen molar-refractivity contribution in [2.24, 2.45) is 0 Å². The second-order valence-corrected chi connectivity index (χ2v) is 5.95. The summed E-state index contributed by atoms with van der Waals surface area (Å²) >= 11 is 3.45. The summed E-state index contributed by atoms with van der Waals surface area (Å²) in [5.74, 6) is 0.0896. The van der Waals surface area contributed by atoms with E-state index in [9.17, 15) is 4.79 Å². The van der Waals surface area contributed by atoms with E-state index in [1.807, 2.05) is 37.3 Å². The predicted molar refractivity (Wildman–Crippen MR) is 87.5 cm³/mol. The summed E-state index contributed by atoms with van der Waals surface area (Å²) in [4.78, 5) is 12.6. The van der Waals surface area contributed by atoms with Crippen LogP contribution in [-0.4, -0.2) is 5.78 Å². The van der Waals surface area contributed by atoms with Gasteiger partial charge in [0.1, 0.15) is 0 Å². The normalized spacial score (nSPS) is 10.6. The molecule has 0 atom stereocenters. The molecule has 0 heterocycles. The van der Waals surface area contributed by atoms with Crippen molar-refractivity contribution in [1.82, 2.24) is 0 Å². The highest BCUT2D eigenvalue weighted by Gasteiger charge is 2.12. The second-order valence-electron chi connectivity index (χ2n) is 5.04. The number of carbonyl (C=O) groups excluding carboxylic acids is 1.